The van der Waals surface area contributed by atoms with Crippen LogP contribution in [0.4, 0.5) is 8.78 Å². The van der Waals surface area contributed by atoms with Gasteiger partial charge in [0, 0.05) is 17.0 Å². The fourth-order valence-corrected chi connectivity index (χ4v) is 3.63. The summed E-state index contributed by atoms with van der Waals surface area (Å²) < 4.78 is 26.9. The van der Waals surface area contributed by atoms with Crippen LogP contribution in [-0.2, 0) is 0 Å². The van der Waals surface area contributed by atoms with Crippen LogP contribution in [0.15, 0.2) is 18.2 Å². The Morgan fingerprint density at radius 3 is 2.42 bits per heavy atom. The molecule has 1 fully saturated rings. The average molecular weight is 379 g/mol. The zero-order valence-electron chi connectivity index (χ0n) is 14.7. The summed E-state index contributed by atoms with van der Waals surface area (Å²) in [6, 6.07) is 3.91. The second-order valence-corrected chi connectivity index (χ2v) is 6.67. The first-order chi connectivity index (χ1) is 12.0. The van der Waals surface area contributed by atoms with Gasteiger partial charge in [-0.2, -0.15) is 0 Å². The predicted molar refractivity (Wildman–Crippen MR) is 99.9 cm³/mol. The molecule has 0 aliphatic carbocycles. The van der Waals surface area contributed by atoms with E-state index in [0.717, 1.165) is 60.5 Å². The molecule has 0 saturated carbocycles. The van der Waals surface area contributed by atoms with Crippen LogP contribution in [0.25, 0.3) is 22.6 Å². The SMILES string of the molecule is Cc1nc(C2CCNCC2)c2nc(-c3ccc(F)c(F)c3)c(C)c-2[nH]1.Cl. The van der Waals surface area contributed by atoms with E-state index >= 15 is 0 Å². The largest absolute Gasteiger partial charge is 0.342 e. The molecule has 26 heavy (non-hydrogen) atoms. The maximum atomic E-state index is 13.7. The van der Waals surface area contributed by atoms with Crippen LogP contribution in [0.5, 0.6) is 0 Å². The molecule has 0 unspecified atom stereocenters. The summed E-state index contributed by atoms with van der Waals surface area (Å²) in [5.74, 6) is -0.504. The second-order valence-electron chi connectivity index (χ2n) is 6.67. The molecule has 1 aromatic carbocycles. The number of piperidine rings is 1. The highest BCUT2D eigenvalue weighted by molar-refractivity contribution is 5.85. The molecule has 1 aromatic rings. The molecule has 0 amide bonds. The maximum Gasteiger partial charge on any atom is 0.159 e. The average Bonchev–Trinajstić information content (AvgIpc) is 2.94. The minimum absolute atomic E-state index is 0. The molecular formula is C19H21ClF2N4. The number of rotatable bonds is 2. The van der Waals surface area contributed by atoms with Crippen molar-refractivity contribution < 1.29 is 8.78 Å². The van der Waals surface area contributed by atoms with Crippen molar-refractivity contribution in [1.29, 1.82) is 0 Å². The van der Waals surface area contributed by atoms with Gasteiger partial charge in [0.1, 0.15) is 11.5 Å². The molecule has 3 aliphatic heterocycles. The van der Waals surface area contributed by atoms with Crippen LogP contribution in [-0.4, -0.2) is 28.0 Å². The summed E-state index contributed by atoms with van der Waals surface area (Å²) in [5.41, 5.74) is 4.96. The van der Waals surface area contributed by atoms with E-state index in [1.165, 1.54) is 6.07 Å². The van der Waals surface area contributed by atoms with Crippen molar-refractivity contribution in [3.8, 4) is 22.6 Å². The van der Waals surface area contributed by atoms with Crippen LogP contribution >= 0.6 is 12.4 Å². The van der Waals surface area contributed by atoms with E-state index in [-0.39, 0.29) is 12.4 Å². The van der Waals surface area contributed by atoms with Crippen LogP contribution in [0, 0.1) is 25.5 Å². The smallest absolute Gasteiger partial charge is 0.159 e. The number of aromatic amines is 1. The lowest BCUT2D eigenvalue weighted by Gasteiger charge is -2.23. The fourth-order valence-electron chi connectivity index (χ4n) is 3.63. The minimum atomic E-state index is -0.860. The number of hydrogen-bond donors (Lipinski definition) is 2. The number of hydrogen-bond acceptors (Lipinski definition) is 3. The Bertz CT molecular complexity index is 903. The topological polar surface area (TPSA) is 53.6 Å². The molecule has 0 aromatic heterocycles. The van der Waals surface area contributed by atoms with Gasteiger partial charge in [0.2, 0.25) is 0 Å². The van der Waals surface area contributed by atoms with Crippen molar-refractivity contribution in [2.45, 2.75) is 32.6 Å². The first kappa shape index (κ1) is 18.7. The molecule has 0 bridgehead atoms. The van der Waals surface area contributed by atoms with E-state index in [2.05, 4.69) is 10.3 Å². The Labute approximate surface area is 157 Å². The van der Waals surface area contributed by atoms with Crippen LogP contribution in [0.1, 0.15) is 35.8 Å². The predicted octanol–water partition coefficient (Wildman–Crippen LogP) is 4.36. The molecule has 1 saturated heterocycles. The number of aryl methyl sites for hydroxylation is 1. The van der Waals surface area contributed by atoms with E-state index in [1.54, 1.807) is 6.07 Å². The van der Waals surface area contributed by atoms with E-state index < -0.39 is 11.6 Å². The van der Waals surface area contributed by atoms with Crippen LogP contribution < -0.4 is 5.32 Å². The van der Waals surface area contributed by atoms with Crippen molar-refractivity contribution in [1.82, 2.24) is 20.3 Å². The monoisotopic (exact) mass is 378 g/mol. The van der Waals surface area contributed by atoms with Gasteiger partial charge in [-0.15, -0.1) is 12.4 Å². The van der Waals surface area contributed by atoms with Crippen molar-refractivity contribution in [2.24, 2.45) is 0 Å². The van der Waals surface area contributed by atoms with Crippen molar-refractivity contribution >= 4 is 12.4 Å². The standard InChI is InChI=1S/C19H20F2N4.ClH/c1-10-16(13-3-4-14(20)15(21)9-13)25-19-17(10)23-11(2)24-18(19)12-5-7-22-8-6-12;/h3-4,9,12,22H,5-8H2,1-2H3,(H,23,24);1H. The van der Waals surface area contributed by atoms with Gasteiger partial charge in [-0.25, -0.2) is 18.7 Å². The highest BCUT2D eigenvalue weighted by Gasteiger charge is 2.27. The highest BCUT2D eigenvalue weighted by Crippen LogP contribution is 2.38. The quantitative estimate of drug-likeness (QED) is 0.696. The van der Waals surface area contributed by atoms with E-state index in [9.17, 15) is 8.78 Å². The molecule has 4 rings (SSSR count). The summed E-state index contributed by atoms with van der Waals surface area (Å²) >= 11 is 0. The second kappa shape index (κ2) is 7.29. The lowest BCUT2D eigenvalue weighted by Crippen LogP contribution is -2.27. The Morgan fingerprint density at radius 1 is 1.00 bits per heavy atom. The lowest BCUT2D eigenvalue weighted by molar-refractivity contribution is 0.452. The summed E-state index contributed by atoms with van der Waals surface area (Å²) in [6.45, 7) is 5.84. The molecule has 7 heteroatoms. The van der Waals surface area contributed by atoms with Gasteiger partial charge in [0.25, 0.3) is 0 Å². The molecule has 3 aliphatic rings. The first-order valence-electron chi connectivity index (χ1n) is 8.57. The fraction of sp³-hybridized carbons (Fsp3) is 0.368. The van der Waals surface area contributed by atoms with Gasteiger partial charge in [-0.3, -0.25) is 0 Å². The molecular weight excluding hydrogens is 358 g/mol. The lowest BCUT2D eigenvalue weighted by atomic mass is 9.92. The van der Waals surface area contributed by atoms with Crippen LogP contribution in [0.3, 0.4) is 0 Å². The number of fused-ring (bicyclic) bond motifs is 1. The molecule has 0 radical (unpaired) electrons. The van der Waals surface area contributed by atoms with Gasteiger partial charge < -0.3 is 10.3 Å². The van der Waals surface area contributed by atoms with Crippen LogP contribution in [0.2, 0.25) is 0 Å². The summed E-state index contributed by atoms with van der Waals surface area (Å²) in [6.07, 6.45) is 2.05. The third-order valence-corrected chi connectivity index (χ3v) is 4.95. The summed E-state index contributed by atoms with van der Waals surface area (Å²) in [5, 5.41) is 3.37. The Morgan fingerprint density at radius 2 is 1.73 bits per heavy atom. The zero-order chi connectivity index (χ0) is 17.6. The molecule has 0 atom stereocenters. The van der Waals surface area contributed by atoms with Gasteiger partial charge in [-0.05, 0) is 58.0 Å². The van der Waals surface area contributed by atoms with E-state index in [4.69, 9.17) is 9.97 Å². The third-order valence-electron chi connectivity index (χ3n) is 4.95. The highest BCUT2D eigenvalue weighted by atomic mass is 35.5. The summed E-state index contributed by atoms with van der Waals surface area (Å²) in [7, 11) is 0. The van der Waals surface area contributed by atoms with Crippen molar-refractivity contribution in [3.63, 3.8) is 0 Å². The molecule has 4 nitrogen and oxygen atoms in total. The normalized spacial score (nSPS) is 15.2. The number of nitrogens with zero attached hydrogens (tertiary/aromatic N) is 2. The summed E-state index contributed by atoms with van der Waals surface area (Å²) in [4.78, 5) is 12.8. The Balaban J connectivity index is 0.00000196. The molecule has 0 spiro atoms. The van der Waals surface area contributed by atoms with E-state index in [1.807, 2.05) is 13.8 Å². The minimum Gasteiger partial charge on any atom is -0.342 e. The van der Waals surface area contributed by atoms with Crippen molar-refractivity contribution in [2.75, 3.05) is 13.1 Å². The number of H-pyrrole nitrogens is 1. The number of benzene rings is 1. The maximum absolute atomic E-state index is 13.7. The van der Waals surface area contributed by atoms with Gasteiger partial charge in [-0.1, -0.05) is 0 Å². The number of nitrogens with one attached hydrogen (secondary N) is 2. The van der Waals surface area contributed by atoms with E-state index in [0.29, 0.717) is 17.2 Å². The Kier molecular flexibility index (Phi) is 5.25. The van der Waals surface area contributed by atoms with Crippen molar-refractivity contribution in [3.05, 3.63) is 46.9 Å². The molecule has 2 N–H and O–H groups in total. The van der Waals surface area contributed by atoms with Gasteiger partial charge >= 0.3 is 0 Å². The third kappa shape index (κ3) is 3.19. The van der Waals surface area contributed by atoms with Gasteiger partial charge in [0.05, 0.1) is 17.1 Å². The number of halogens is 3. The first-order valence-corrected chi connectivity index (χ1v) is 8.57. The molecule has 138 valence electrons. The molecule has 3 heterocycles. The number of aromatic nitrogens is 3. The zero-order valence-corrected chi connectivity index (χ0v) is 15.5. The van der Waals surface area contributed by atoms with Gasteiger partial charge in [0.15, 0.2) is 11.6 Å². The Hall–Kier alpha value is -2.05.